The van der Waals surface area contributed by atoms with Gasteiger partial charge in [-0.05, 0) is 30.5 Å². The van der Waals surface area contributed by atoms with Gasteiger partial charge in [0.2, 0.25) is 0 Å². The molecule has 0 aliphatic carbocycles. The van der Waals surface area contributed by atoms with Crippen LogP contribution in [-0.4, -0.2) is 36.4 Å². The van der Waals surface area contributed by atoms with Gasteiger partial charge in [0.1, 0.15) is 5.60 Å². The summed E-state index contributed by atoms with van der Waals surface area (Å²) < 4.78 is 4.94. The van der Waals surface area contributed by atoms with E-state index >= 15 is 0 Å². The number of hydrazine groups is 1. The minimum absolute atomic E-state index is 0.386. The van der Waals surface area contributed by atoms with E-state index in [9.17, 15) is 5.11 Å². The third kappa shape index (κ3) is 3.20. The minimum atomic E-state index is -0.770. The SMILES string of the molecule is NN1CCCC1.Nc1ccc(C2(O)COC2)cc1. The van der Waals surface area contributed by atoms with E-state index in [1.54, 1.807) is 12.1 Å². The molecule has 3 rings (SSSR count). The lowest BCUT2D eigenvalue weighted by atomic mass is 9.92. The second kappa shape index (κ2) is 5.67. The lowest BCUT2D eigenvalue weighted by molar-refractivity contribution is -0.184. The van der Waals surface area contributed by atoms with Crippen molar-refractivity contribution in [1.82, 2.24) is 5.01 Å². The molecule has 5 heteroatoms. The first-order chi connectivity index (χ1) is 8.60. The van der Waals surface area contributed by atoms with Crippen LogP contribution >= 0.6 is 0 Å². The van der Waals surface area contributed by atoms with E-state index in [0.717, 1.165) is 18.7 Å². The summed E-state index contributed by atoms with van der Waals surface area (Å²) in [6, 6.07) is 7.23. The van der Waals surface area contributed by atoms with E-state index in [2.05, 4.69) is 0 Å². The van der Waals surface area contributed by atoms with E-state index in [-0.39, 0.29) is 0 Å². The predicted molar refractivity (Wildman–Crippen MR) is 70.6 cm³/mol. The van der Waals surface area contributed by atoms with Gasteiger partial charge >= 0.3 is 0 Å². The highest BCUT2D eigenvalue weighted by molar-refractivity contribution is 5.41. The molecule has 2 aliphatic rings. The van der Waals surface area contributed by atoms with Crippen molar-refractivity contribution in [1.29, 1.82) is 0 Å². The molecule has 5 N–H and O–H groups in total. The quantitative estimate of drug-likeness (QED) is 0.498. The average molecular weight is 251 g/mol. The highest BCUT2D eigenvalue weighted by atomic mass is 16.5. The number of anilines is 1. The molecule has 2 aliphatic heterocycles. The summed E-state index contributed by atoms with van der Waals surface area (Å²) in [6.07, 6.45) is 2.58. The van der Waals surface area contributed by atoms with Crippen molar-refractivity contribution in [3.8, 4) is 0 Å². The normalized spacial score (nSPS) is 21.9. The van der Waals surface area contributed by atoms with Gasteiger partial charge in [0.15, 0.2) is 0 Å². The number of ether oxygens (including phenoxy) is 1. The number of hydrogen-bond acceptors (Lipinski definition) is 5. The Kier molecular flexibility index (Phi) is 4.19. The number of benzene rings is 1. The Morgan fingerprint density at radius 1 is 1.11 bits per heavy atom. The first-order valence-corrected chi connectivity index (χ1v) is 6.26. The Morgan fingerprint density at radius 3 is 2.00 bits per heavy atom. The number of nitrogen functional groups attached to an aromatic ring is 1. The summed E-state index contributed by atoms with van der Waals surface area (Å²) >= 11 is 0. The molecule has 0 aromatic heterocycles. The molecule has 2 heterocycles. The molecule has 18 heavy (non-hydrogen) atoms. The van der Waals surface area contributed by atoms with Crippen molar-refractivity contribution < 1.29 is 9.84 Å². The number of rotatable bonds is 1. The fraction of sp³-hybridized carbons (Fsp3) is 0.538. The summed E-state index contributed by atoms with van der Waals surface area (Å²) in [5, 5.41) is 11.7. The molecule has 0 unspecified atom stereocenters. The summed E-state index contributed by atoms with van der Waals surface area (Å²) in [7, 11) is 0. The first kappa shape index (κ1) is 13.3. The van der Waals surface area contributed by atoms with Crippen molar-refractivity contribution in [3.63, 3.8) is 0 Å². The Morgan fingerprint density at radius 2 is 1.67 bits per heavy atom. The number of nitrogens with two attached hydrogens (primary N) is 2. The van der Waals surface area contributed by atoms with Gasteiger partial charge in [0.05, 0.1) is 13.2 Å². The smallest absolute Gasteiger partial charge is 0.136 e. The van der Waals surface area contributed by atoms with E-state index in [1.165, 1.54) is 12.8 Å². The van der Waals surface area contributed by atoms with Gasteiger partial charge in [-0.1, -0.05) is 12.1 Å². The Balaban J connectivity index is 0.000000169. The average Bonchev–Trinajstić information content (AvgIpc) is 2.79. The van der Waals surface area contributed by atoms with Gasteiger partial charge in [0, 0.05) is 18.8 Å². The van der Waals surface area contributed by atoms with Crippen LogP contribution in [0.5, 0.6) is 0 Å². The van der Waals surface area contributed by atoms with Crippen molar-refractivity contribution in [2.24, 2.45) is 5.84 Å². The molecule has 0 radical (unpaired) electrons. The lowest BCUT2D eigenvalue weighted by Gasteiger charge is -2.36. The van der Waals surface area contributed by atoms with Crippen LogP contribution in [0.15, 0.2) is 24.3 Å². The van der Waals surface area contributed by atoms with Crippen LogP contribution in [0.4, 0.5) is 5.69 Å². The zero-order chi connectivity index (χ0) is 13.0. The largest absolute Gasteiger partial charge is 0.399 e. The maximum absolute atomic E-state index is 9.81. The minimum Gasteiger partial charge on any atom is -0.399 e. The van der Waals surface area contributed by atoms with Crippen LogP contribution < -0.4 is 11.6 Å². The van der Waals surface area contributed by atoms with Gasteiger partial charge in [-0.3, -0.25) is 5.84 Å². The zero-order valence-corrected chi connectivity index (χ0v) is 10.5. The molecule has 0 amide bonds. The standard InChI is InChI=1S/C9H11NO2.C4H10N2/c10-8-3-1-7(2-4-8)9(11)5-12-6-9;5-6-3-1-2-4-6/h1-4,11H,5-6,10H2;1-5H2. The maximum Gasteiger partial charge on any atom is 0.136 e. The van der Waals surface area contributed by atoms with E-state index in [0.29, 0.717) is 18.9 Å². The van der Waals surface area contributed by atoms with Gasteiger partial charge in [-0.2, -0.15) is 0 Å². The molecule has 100 valence electrons. The first-order valence-electron chi connectivity index (χ1n) is 6.26. The summed E-state index contributed by atoms with van der Waals surface area (Å²) in [5.74, 6) is 5.37. The molecular weight excluding hydrogens is 230 g/mol. The van der Waals surface area contributed by atoms with Crippen molar-refractivity contribution in [3.05, 3.63) is 29.8 Å². The van der Waals surface area contributed by atoms with E-state index in [4.69, 9.17) is 16.3 Å². The van der Waals surface area contributed by atoms with Crippen molar-refractivity contribution in [2.75, 3.05) is 32.0 Å². The second-order valence-corrected chi connectivity index (χ2v) is 4.89. The highest BCUT2D eigenvalue weighted by Gasteiger charge is 2.37. The van der Waals surface area contributed by atoms with Crippen LogP contribution in [0.25, 0.3) is 0 Å². The Hall–Kier alpha value is -1.14. The van der Waals surface area contributed by atoms with Gasteiger partial charge in [0.25, 0.3) is 0 Å². The predicted octanol–water partition coefficient (Wildman–Crippen LogP) is 0.442. The van der Waals surface area contributed by atoms with Crippen LogP contribution in [-0.2, 0) is 10.3 Å². The van der Waals surface area contributed by atoms with Gasteiger partial charge in [-0.15, -0.1) is 0 Å². The molecule has 5 nitrogen and oxygen atoms in total. The molecule has 0 spiro atoms. The Bertz CT molecular complexity index is 370. The van der Waals surface area contributed by atoms with Crippen LogP contribution in [0.2, 0.25) is 0 Å². The van der Waals surface area contributed by atoms with E-state index < -0.39 is 5.60 Å². The summed E-state index contributed by atoms with van der Waals surface area (Å²) in [6.45, 7) is 2.97. The number of nitrogens with zero attached hydrogens (tertiary/aromatic N) is 1. The van der Waals surface area contributed by atoms with Crippen molar-refractivity contribution in [2.45, 2.75) is 18.4 Å². The molecule has 1 aromatic carbocycles. The third-order valence-corrected chi connectivity index (χ3v) is 3.27. The van der Waals surface area contributed by atoms with Crippen LogP contribution in [0.1, 0.15) is 18.4 Å². The number of hydrogen-bond donors (Lipinski definition) is 3. The third-order valence-electron chi connectivity index (χ3n) is 3.27. The van der Waals surface area contributed by atoms with Crippen LogP contribution in [0, 0.1) is 0 Å². The fourth-order valence-corrected chi connectivity index (χ4v) is 2.00. The highest BCUT2D eigenvalue weighted by Crippen LogP contribution is 2.29. The number of aliphatic hydroxyl groups is 1. The topological polar surface area (TPSA) is 84.7 Å². The van der Waals surface area contributed by atoms with Crippen molar-refractivity contribution >= 4 is 5.69 Å². The zero-order valence-electron chi connectivity index (χ0n) is 10.5. The monoisotopic (exact) mass is 251 g/mol. The summed E-state index contributed by atoms with van der Waals surface area (Å²) in [4.78, 5) is 0. The molecule has 0 atom stereocenters. The molecule has 0 saturated carbocycles. The molecular formula is C13H21N3O2. The summed E-state index contributed by atoms with van der Waals surface area (Å²) in [5.41, 5.74) is 6.33. The van der Waals surface area contributed by atoms with Crippen LogP contribution in [0.3, 0.4) is 0 Å². The molecule has 0 bridgehead atoms. The Labute approximate surface area is 107 Å². The molecule has 2 fully saturated rings. The van der Waals surface area contributed by atoms with Gasteiger partial charge < -0.3 is 15.6 Å². The lowest BCUT2D eigenvalue weighted by Crippen LogP contribution is -2.46. The van der Waals surface area contributed by atoms with Gasteiger partial charge in [-0.25, -0.2) is 5.01 Å². The second-order valence-electron chi connectivity index (χ2n) is 4.89. The molecule has 1 aromatic rings. The maximum atomic E-state index is 9.81. The fourth-order valence-electron chi connectivity index (χ4n) is 2.00. The molecule has 2 saturated heterocycles. The van der Waals surface area contributed by atoms with E-state index in [1.807, 2.05) is 17.1 Å².